The van der Waals surface area contributed by atoms with Gasteiger partial charge in [-0.3, -0.25) is 24.0 Å². The SMILES string of the molecule is CCOC(=O)/C(C)=C/C[C@H](C(=O)CC)[C@H](C)[C@@H](OC(C)=O)[C@H](C[C@H](C)[C@H](C(=O)CC(C)C)[C@@H]1C[C@H](C)C[C@@]2(C[C@H](C)C[C@@H]([C@@H](O)/C(C)=C/CC[C@H](C)CC(=O)OC)O2)O1)C(=O)CC(C)C. The molecule has 1 N–H and O–H groups in total. The number of hydrogen-bond acceptors (Lipinski definition) is 12. The van der Waals surface area contributed by atoms with Gasteiger partial charge in [0.05, 0.1) is 31.8 Å². The molecule has 2 aliphatic heterocycles. The molecule has 2 saturated heterocycles. The van der Waals surface area contributed by atoms with Gasteiger partial charge >= 0.3 is 17.9 Å². The molecule has 0 aliphatic carbocycles. The minimum Gasteiger partial charge on any atom is -0.469 e. The Hall–Kier alpha value is -3.22. The largest absolute Gasteiger partial charge is 0.469 e. The maximum absolute atomic E-state index is 14.7. The van der Waals surface area contributed by atoms with E-state index in [0.29, 0.717) is 50.5 Å². The summed E-state index contributed by atoms with van der Waals surface area (Å²) in [4.78, 5) is 80.1. The maximum atomic E-state index is 14.7. The number of rotatable bonds is 27. The Balaban J connectivity index is 2.60. The van der Waals surface area contributed by atoms with E-state index in [9.17, 15) is 33.9 Å². The molecule has 2 aliphatic rings. The van der Waals surface area contributed by atoms with Gasteiger partial charge in [0.2, 0.25) is 0 Å². The molecule has 12 nitrogen and oxygen atoms in total. The van der Waals surface area contributed by atoms with E-state index in [2.05, 4.69) is 13.8 Å². The molecule has 0 aromatic rings. The van der Waals surface area contributed by atoms with Crippen molar-refractivity contribution in [3.05, 3.63) is 23.3 Å². The molecule has 0 radical (unpaired) electrons. The summed E-state index contributed by atoms with van der Waals surface area (Å²) in [5.41, 5.74) is 1.16. The van der Waals surface area contributed by atoms with E-state index in [0.717, 1.165) is 12.0 Å². The third-order valence-electron chi connectivity index (χ3n) is 13.5. The lowest BCUT2D eigenvalue weighted by atomic mass is 9.69. The first-order chi connectivity index (χ1) is 30.4. The van der Waals surface area contributed by atoms with Crippen LogP contribution in [0.25, 0.3) is 0 Å². The molecule has 0 bridgehead atoms. The van der Waals surface area contributed by atoms with Crippen molar-refractivity contribution in [2.45, 2.75) is 204 Å². The number of allylic oxidation sites excluding steroid dienone is 2. The Labute approximate surface area is 392 Å². The average Bonchev–Trinajstić information content (AvgIpc) is 3.20. The van der Waals surface area contributed by atoms with E-state index in [-0.39, 0.29) is 85.2 Å². The third kappa shape index (κ3) is 18.4. The van der Waals surface area contributed by atoms with Crippen LogP contribution in [0.15, 0.2) is 23.3 Å². The summed E-state index contributed by atoms with van der Waals surface area (Å²) in [7, 11) is 1.39. The summed E-state index contributed by atoms with van der Waals surface area (Å²) in [5.74, 6) is -5.12. The number of carbonyl (C=O) groups is 6. The Kier molecular flexibility index (Phi) is 24.6. The van der Waals surface area contributed by atoms with Crippen LogP contribution in [-0.2, 0) is 52.5 Å². The highest BCUT2D eigenvalue weighted by Crippen LogP contribution is 2.48. The Morgan fingerprint density at radius 2 is 1.34 bits per heavy atom. The third-order valence-corrected chi connectivity index (χ3v) is 13.5. The van der Waals surface area contributed by atoms with Crippen LogP contribution in [0, 0.1) is 59.2 Å². The van der Waals surface area contributed by atoms with Gasteiger partial charge in [0.25, 0.3) is 0 Å². The smallest absolute Gasteiger partial charge is 0.333 e. The number of Topliss-reactive ketones (excluding diaryl/α,β-unsaturated/α-hetero) is 3. The molecule has 2 heterocycles. The number of esters is 3. The number of hydrogen-bond donors (Lipinski definition) is 1. The van der Waals surface area contributed by atoms with Gasteiger partial charge in [0.1, 0.15) is 29.6 Å². The first-order valence-corrected chi connectivity index (χ1v) is 24.7. The topological polar surface area (TPSA) is 169 Å². The number of methoxy groups -OCH3 is 1. The summed E-state index contributed by atoms with van der Waals surface area (Å²) >= 11 is 0. The van der Waals surface area contributed by atoms with E-state index < -0.39 is 71.7 Å². The van der Waals surface area contributed by atoms with Gasteiger partial charge in [-0.25, -0.2) is 4.79 Å². The Morgan fingerprint density at radius 1 is 0.769 bits per heavy atom. The monoisotopic (exact) mass is 917 g/mol. The van der Waals surface area contributed by atoms with E-state index in [1.54, 1.807) is 26.8 Å². The zero-order valence-corrected chi connectivity index (χ0v) is 42.9. The highest BCUT2D eigenvalue weighted by Gasteiger charge is 2.52. The van der Waals surface area contributed by atoms with Crippen LogP contribution in [0.2, 0.25) is 0 Å². The molecule has 0 unspecified atom stereocenters. The maximum Gasteiger partial charge on any atom is 0.333 e. The number of aliphatic hydroxyl groups excluding tert-OH is 1. The minimum absolute atomic E-state index is 0.0000685. The fraction of sp³-hybridized carbons (Fsp3) is 0.811. The second-order valence-electron chi connectivity index (χ2n) is 20.8. The molecule has 2 fully saturated rings. The van der Waals surface area contributed by atoms with E-state index in [1.807, 2.05) is 61.5 Å². The van der Waals surface area contributed by atoms with Gasteiger partial charge in [-0.05, 0) is 100 Å². The highest BCUT2D eigenvalue weighted by atomic mass is 16.7. The number of ketones is 3. The molecule has 0 aromatic carbocycles. The number of ether oxygens (including phenoxy) is 5. The van der Waals surface area contributed by atoms with Crippen molar-refractivity contribution in [3.8, 4) is 0 Å². The van der Waals surface area contributed by atoms with Crippen LogP contribution in [-0.4, -0.2) is 84.3 Å². The van der Waals surface area contributed by atoms with Crippen LogP contribution >= 0.6 is 0 Å². The van der Waals surface area contributed by atoms with Crippen LogP contribution < -0.4 is 0 Å². The lowest BCUT2D eigenvalue weighted by molar-refractivity contribution is -0.342. The molecule has 65 heavy (non-hydrogen) atoms. The number of aliphatic hydroxyl groups is 1. The summed E-state index contributed by atoms with van der Waals surface area (Å²) in [6, 6.07) is 0. The van der Waals surface area contributed by atoms with Crippen LogP contribution in [0.3, 0.4) is 0 Å². The van der Waals surface area contributed by atoms with E-state index in [4.69, 9.17) is 23.7 Å². The van der Waals surface area contributed by atoms with Gasteiger partial charge in [-0.15, -0.1) is 0 Å². The molecule has 2 rings (SSSR count). The standard InChI is InChI=1S/C53H88O12/c1-16-43(55)41(22-21-37(11)52(60)62-17-2)39(13)51(63-40(14)54)42(44(56)23-31(3)4)28-38(12)49(45(57)24-32(5)6)46-25-34(8)29-53(64-46)30-35(9)26-47(65-53)50(59)36(10)20-18-19-33(7)27-48(58)61-15/h20-21,31-35,38-39,41-42,46-47,49-51,59H,16-19,22-30H2,1-15H3/b36-20+,37-21+/t33-,34-,35+,38-,39-,41-,42+,46-,47-,49+,50-,51+,53+/m0/s1. The summed E-state index contributed by atoms with van der Waals surface area (Å²) in [5, 5.41) is 11.7. The quantitative estimate of drug-likeness (QED) is 0.0359. The van der Waals surface area contributed by atoms with Crippen molar-refractivity contribution in [2.75, 3.05) is 13.7 Å². The van der Waals surface area contributed by atoms with Crippen molar-refractivity contribution in [3.63, 3.8) is 0 Å². The minimum atomic E-state index is -1.04. The molecule has 1 spiro atoms. The van der Waals surface area contributed by atoms with E-state index >= 15 is 0 Å². The first-order valence-electron chi connectivity index (χ1n) is 24.7. The van der Waals surface area contributed by atoms with Gasteiger partial charge in [0.15, 0.2) is 5.79 Å². The zero-order valence-electron chi connectivity index (χ0n) is 42.9. The first kappa shape index (κ1) is 57.9. The number of carbonyl (C=O) groups excluding carboxylic acids is 6. The van der Waals surface area contributed by atoms with Crippen molar-refractivity contribution >= 4 is 35.3 Å². The summed E-state index contributed by atoms with van der Waals surface area (Å²) in [6.07, 6.45) is 6.17. The average molecular weight is 917 g/mol. The second kappa shape index (κ2) is 27.6. The molecule has 12 heteroatoms. The lowest BCUT2D eigenvalue weighted by Crippen LogP contribution is -2.56. The zero-order chi connectivity index (χ0) is 49.3. The van der Waals surface area contributed by atoms with Gasteiger partial charge in [0, 0.05) is 68.8 Å². The molecular weight excluding hydrogens is 829 g/mol. The van der Waals surface area contributed by atoms with Crippen LogP contribution in [0.5, 0.6) is 0 Å². The van der Waals surface area contributed by atoms with Crippen LogP contribution in [0.4, 0.5) is 0 Å². The predicted molar refractivity (Wildman–Crippen MR) is 252 cm³/mol. The van der Waals surface area contributed by atoms with Gasteiger partial charge in [-0.2, -0.15) is 0 Å². The molecule has 0 amide bonds. The second-order valence-corrected chi connectivity index (χ2v) is 20.8. The van der Waals surface area contributed by atoms with Crippen molar-refractivity contribution in [1.82, 2.24) is 0 Å². The van der Waals surface area contributed by atoms with Crippen molar-refractivity contribution in [2.24, 2.45) is 59.2 Å². The van der Waals surface area contributed by atoms with Crippen molar-refractivity contribution < 1.29 is 57.6 Å². The molecular formula is C53H88O12. The molecule has 0 saturated carbocycles. The Bertz CT molecular complexity index is 1630. The Morgan fingerprint density at radius 3 is 1.88 bits per heavy atom. The predicted octanol–water partition coefficient (Wildman–Crippen LogP) is 10.2. The molecule has 13 atom stereocenters. The molecule has 0 aromatic heterocycles. The van der Waals surface area contributed by atoms with Crippen molar-refractivity contribution in [1.29, 1.82) is 0 Å². The van der Waals surface area contributed by atoms with E-state index in [1.165, 1.54) is 14.0 Å². The fourth-order valence-electron chi connectivity index (χ4n) is 10.4. The molecule has 372 valence electrons. The summed E-state index contributed by atoms with van der Waals surface area (Å²) < 4.78 is 30.2. The van der Waals surface area contributed by atoms with Crippen LogP contribution in [0.1, 0.15) is 174 Å². The highest BCUT2D eigenvalue weighted by molar-refractivity contribution is 5.88. The summed E-state index contributed by atoms with van der Waals surface area (Å²) in [6.45, 7) is 26.6. The fourth-order valence-corrected chi connectivity index (χ4v) is 10.4. The normalized spacial score (nSPS) is 25.5. The van der Waals surface area contributed by atoms with Gasteiger partial charge in [-0.1, -0.05) is 81.4 Å². The van der Waals surface area contributed by atoms with Gasteiger partial charge < -0.3 is 28.8 Å². The lowest BCUT2D eigenvalue weighted by Gasteiger charge is -2.52.